The van der Waals surface area contributed by atoms with Gasteiger partial charge in [-0.3, -0.25) is 20.2 Å². The second kappa shape index (κ2) is 8.43. The lowest BCUT2D eigenvalue weighted by molar-refractivity contribution is -0.384. The fourth-order valence-electron chi connectivity index (χ4n) is 2.56. The van der Waals surface area contributed by atoms with Crippen LogP contribution in [-0.2, 0) is 5.75 Å². The molecule has 0 spiro atoms. The molecule has 0 radical (unpaired) electrons. The topological polar surface area (TPSA) is 128 Å². The summed E-state index contributed by atoms with van der Waals surface area (Å²) in [7, 11) is 0. The largest absolute Gasteiger partial charge is 0.422 e. The van der Waals surface area contributed by atoms with Crippen molar-refractivity contribution in [3.8, 4) is 0 Å². The third kappa shape index (κ3) is 4.36. The molecule has 0 bridgehead atoms. The molecule has 2 aromatic heterocycles. The van der Waals surface area contributed by atoms with Crippen LogP contribution in [0.5, 0.6) is 0 Å². The minimum absolute atomic E-state index is 0.0304. The van der Waals surface area contributed by atoms with E-state index < -0.39 is 16.5 Å². The molecule has 0 aliphatic carbocycles. The molecule has 0 unspecified atom stereocenters. The number of nitrogens with zero attached hydrogens (tertiary/aromatic N) is 3. The molecule has 0 aliphatic heterocycles. The van der Waals surface area contributed by atoms with Crippen molar-refractivity contribution < 1.29 is 14.1 Å². The van der Waals surface area contributed by atoms with Crippen LogP contribution in [0.2, 0.25) is 0 Å². The number of nitro groups is 1. The summed E-state index contributed by atoms with van der Waals surface area (Å²) in [4.78, 5) is 34.8. The van der Waals surface area contributed by atoms with Gasteiger partial charge in [0.2, 0.25) is 5.13 Å². The van der Waals surface area contributed by atoms with E-state index in [0.29, 0.717) is 21.1 Å². The number of rotatable bonds is 6. The zero-order valence-electron chi connectivity index (χ0n) is 15.1. The number of anilines is 1. The Labute approximate surface area is 176 Å². The van der Waals surface area contributed by atoms with Gasteiger partial charge < -0.3 is 4.42 Å². The average Bonchev–Trinajstić information content (AvgIpc) is 3.19. The summed E-state index contributed by atoms with van der Waals surface area (Å²) >= 11 is 2.54. The number of thioether (sulfide) groups is 1. The average molecular weight is 440 g/mol. The van der Waals surface area contributed by atoms with Gasteiger partial charge in [0.05, 0.1) is 4.92 Å². The molecule has 2 heterocycles. The van der Waals surface area contributed by atoms with Gasteiger partial charge in [0, 0.05) is 23.3 Å². The van der Waals surface area contributed by atoms with Gasteiger partial charge in [-0.2, -0.15) is 0 Å². The third-order valence-corrected chi connectivity index (χ3v) is 6.07. The zero-order valence-corrected chi connectivity index (χ0v) is 16.7. The maximum absolute atomic E-state index is 12.5. The van der Waals surface area contributed by atoms with E-state index >= 15 is 0 Å². The molecule has 0 aliphatic rings. The summed E-state index contributed by atoms with van der Waals surface area (Å²) in [6.45, 7) is 0. The van der Waals surface area contributed by atoms with Gasteiger partial charge in [-0.05, 0) is 17.7 Å². The summed E-state index contributed by atoms with van der Waals surface area (Å²) in [6.07, 6.45) is 0. The van der Waals surface area contributed by atoms with Crippen LogP contribution in [0.25, 0.3) is 11.0 Å². The van der Waals surface area contributed by atoms with Crippen LogP contribution >= 0.6 is 23.1 Å². The van der Waals surface area contributed by atoms with Gasteiger partial charge in [-0.1, -0.05) is 53.4 Å². The van der Waals surface area contributed by atoms with E-state index in [-0.39, 0.29) is 16.4 Å². The molecular weight excluding hydrogens is 428 g/mol. The number of amides is 1. The van der Waals surface area contributed by atoms with Crippen molar-refractivity contribution in [2.45, 2.75) is 10.1 Å². The molecule has 11 heteroatoms. The van der Waals surface area contributed by atoms with E-state index in [4.69, 9.17) is 4.42 Å². The third-order valence-electron chi connectivity index (χ3n) is 4.02. The van der Waals surface area contributed by atoms with E-state index in [1.54, 1.807) is 36.4 Å². The quantitative estimate of drug-likeness (QED) is 0.156. The Hall–Kier alpha value is -3.57. The lowest BCUT2D eigenvalue weighted by atomic mass is 10.2. The minimum Gasteiger partial charge on any atom is -0.422 e. The van der Waals surface area contributed by atoms with Crippen LogP contribution in [0.3, 0.4) is 0 Å². The molecule has 150 valence electrons. The van der Waals surface area contributed by atoms with Gasteiger partial charge in [-0.15, -0.1) is 10.2 Å². The number of para-hydroxylation sites is 1. The summed E-state index contributed by atoms with van der Waals surface area (Å²) < 4.78 is 5.78. The summed E-state index contributed by atoms with van der Waals surface area (Å²) in [5.74, 6) is -0.0907. The molecule has 30 heavy (non-hydrogen) atoms. The number of hydrogen-bond acceptors (Lipinski definition) is 9. The van der Waals surface area contributed by atoms with E-state index in [9.17, 15) is 19.7 Å². The monoisotopic (exact) mass is 440 g/mol. The number of carbonyl (C=O) groups is 1. The highest BCUT2D eigenvalue weighted by atomic mass is 32.2. The maximum atomic E-state index is 12.5. The second-order valence-corrected chi connectivity index (χ2v) is 8.22. The number of non-ortho nitro benzene ring substituents is 1. The highest BCUT2D eigenvalue weighted by molar-refractivity contribution is 8.00. The molecule has 1 amide bonds. The van der Waals surface area contributed by atoms with Crippen molar-refractivity contribution in [3.63, 3.8) is 0 Å². The minimum atomic E-state index is -0.733. The van der Waals surface area contributed by atoms with E-state index in [0.717, 1.165) is 16.9 Å². The van der Waals surface area contributed by atoms with Gasteiger partial charge >= 0.3 is 5.63 Å². The maximum Gasteiger partial charge on any atom is 0.349 e. The number of hydrogen-bond donors (Lipinski definition) is 1. The van der Waals surface area contributed by atoms with Crippen LogP contribution in [0.4, 0.5) is 10.8 Å². The Morgan fingerprint density at radius 3 is 2.70 bits per heavy atom. The zero-order chi connectivity index (χ0) is 21.1. The fraction of sp³-hybridized carbons (Fsp3) is 0.0526. The first-order valence-corrected chi connectivity index (χ1v) is 10.3. The van der Waals surface area contributed by atoms with Crippen molar-refractivity contribution in [2.75, 3.05) is 5.32 Å². The first-order chi connectivity index (χ1) is 14.5. The summed E-state index contributed by atoms with van der Waals surface area (Å²) in [6, 6.07) is 14.6. The van der Waals surface area contributed by atoms with Crippen LogP contribution < -0.4 is 10.9 Å². The number of carbonyl (C=O) groups excluding carboxylic acids is 1. The first-order valence-electron chi connectivity index (χ1n) is 8.53. The smallest absolute Gasteiger partial charge is 0.349 e. The van der Waals surface area contributed by atoms with Crippen LogP contribution in [0, 0.1) is 10.1 Å². The molecule has 4 rings (SSSR count). The number of aromatic nitrogens is 2. The van der Waals surface area contributed by atoms with Crippen molar-refractivity contribution in [2.24, 2.45) is 0 Å². The molecule has 9 nitrogen and oxygen atoms in total. The van der Waals surface area contributed by atoms with Crippen molar-refractivity contribution in [1.82, 2.24) is 10.2 Å². The van der Waals surface area contributed by atoms with Crippen molar-refractivity contribution in [3.05, 3.63) is 86.3 Å². The summed E-state index contributed by atoms with van der Waals surface area (Å²) in [5, 5.41) is 22.1. The van der Waals surface area contributed by atoms with E-state index in [1.807, 2.05) is 0 Å². The molecule has 0 atom stereocenters. The highest BCUT2D eigenvalue weighted by Gasteiger charge is 2.16. The number of nitro benzene ring substituents is 1. The fourth-order valence-corrected chi connectivity index (χ4v) is 4.27. The van der Waals surface area contributed by atoms with Crippen LogP contribution in [0.15, 0.2) is 68.1 Å². The Kier molecular flexibility index (Phi) is 5.55. The van der Waals surface area contributed by atoms with E-state index in [2.05, 4.69) is 15.5 Å². The molecule has 2 aromatic carbocycles. The standard InChI is InChI=1S/C19H12N4O5S2/c24-16(14-9-12-3-1-2-4-15(12)28-17(14)25)20-18-21-22-19(30-18)29-10-11-5-7-13(8-6-11)23(26)27/h1-9H,10H2,(H,20,21,24). The Balaban J connectivity index is 1.42. The first kappa shape index (κ1) is 19.7. The SMILES string of the molecule is O=C(Nc1nnc(SCc2ccc([N+](=O)[O-])cc2)s1)c1cc2ccccc2oc1=O. The van der Waals surface area contributed by atoms with Gasteiger partial charge in [0.15, 0.2) is 4.34 Å². The summed E-state index contributed by atoms with van der Waals surface area (Å²) in [5.41, 5.74) is 0.468. The molecule has 0 fully saturated rings. The van der Waals surface area contributed by atoms with Gasteiger partial charge in [-0.25, -0.2) is 4.79 Å². The lowest BCUT2D eigenvalue weighted by Gasteiger charge is -2.01. The Morgan fingerprint density at radius 2 is 1.93 bits per heavy atom. The predicted octanol–water partition coefficient (Wildman–Crippen LogP) is 4.10. The van der Waals surface area contributed by atoms with Gasteiger partial charge in [0.25, 0.3) is 11.6 Å². The Morgan fingerprint density at radius 1 is 1.17 bits per heavy atom. The second-order valence-electron chi connectivity index (χ2n) is 6.02. The predicted molar refractivity (Wildman–Crippen MR) is 113 cm³/mol. The number of fused-ring (bicyclic) bond motifs is 1. The van der Waals surface area contributed by atoms with Gasteiger partial charge in [0.1, 0.15) is 11.1 Å². The Bertz CT molecular complexity index is 1300. The lowest BCUT2D eigenvalue weighted by Crippen LogP contribution is -2.20. The number of nitrogens with one attached hydrogen (secondary N) is 1. The van der Waals surface area contributed by atoms with E-state index in [1.165, 1.54) is 30.0 Å². The van der Waals surface area contributed by atoms with Crippen LogP contribution in [-0.4, -0.2) is 21.0 Å². The molecule has 1 N–H and O–H groups in total. The molecule has 0 saturated heterocycles. The normalized spacial score (nSPS) is 10.8. The van der Waals surface area contributed by atoms with Crippen molar-refractivity contribution >= 4 is 50.8 Å². The van der Waals surface area contributed by atoms with Crippen molar-refractivity contribution in [1.29, 1.82) is 0 Å². The van der Waals surface area contributed by atoms with Crippen LogP contribution in [0.1, 0.15) is 15.9 Å². The highest BCUT2D eigenvalue weighted by Crippen LogP contribution is 2.29. The molecular formula is C19H12N4O5S2. The number of benzene rings is 2. The molecule has 4 aromatic rings. The molecule has 0 saturated carbocycles.